The third kappa shape index (κ3) is 6.18. The standard InChI is InChI=1S/C22H27N5O3/c1-4-27(5-2)19-12-6-16(7-13-19)14-20(22(30)26-23)25-21(29)17-8-10-18(11-9-17)24-15(3)28/h6-14H,4-5,23H2,1-3H3,(H,24,28)(H,25,29)(H,26,30). The molecule has 0 unspecified atom stereocenters. The first-order valence-corrected chi connectivity index (χ1v) is 9.64. The summed E-state index contributed by atoms with van der Waals surface area (Å²) in [6, 6.07) is 14.0. The Morgan fingerprint density at radius 1 is 0.967 bits per heavy atom. The van der Waals surface area contributed by atoms with Gasteiger partial charge in [0, 0.05) is 37.0 Å². The summed E-state index contributed by atoms with van der Waals surface area (Å²) in [6.45, 7) is 7.35. The summed E-state index contributed by atoms with van der Waals surface area (Å²) in [4.78, 5) is 38.0. The largest absolute Gasteiger partial charge is 0.372 e. The van der Waals surface area contributed by atoms with Gasteiger partial charge in [-0.3, -0.25) is 19.8 Å². The van der Waals surface area contributed by atoms with Gasteiger partial charge in [-0.15, -0.1) is 0 Å². The third-order valence-corrected chi connectivity index (χ3v) is 4.42. The van der Waals surface area contributed by atoms with Crippen LogP contribution in [0.1, 0.15) is 36.7 Å². The Bertz CT molecular complexity index is 917. The Hall–Kier alpha value is -3.65. The molecule has 158 valence electrons. The highest BCUT2D eigenvalue weighted by molar-refractivity contribution is 6.05. The topological polar surface area (TPSA) is 117 Å². The van der Waals surface area contributed by atoms with Gasteiger partial charge in [0.1, 0.15) is 5.70 Å². The van der Waals surface area contributed by atoms with Crippen LogP contribution in [0.5, 0.6) is 0 Å². The molecule has 2 aromatic carbocycles. The molecule has 2 aromatic rings. The molecule has 0 radical (unpaired) electrons. The van der Waals surface area contributed by atoms with Crippen molar-refractivity contribution in [2.75, 3.05) is 23.3 Å². The maximum atomic E-state index is 12.6. The number of nitrogens with one attached hydrogen (secondary N) is 3. The predicted octanol–water partition coefficient (Wildman–Crippen LogP) is 2.25. The summed E-state index contributed by atoms with van der Waals surface area (Å²) in [5.41, 5.74) is 4.78. The van der Waals surface area contributed by atoms with Crippen molar-refractivity contribution >= 4 is 35.2 Å². The summed E-state index contributed by atoms with van der Waals surface area (Å²) < 4.78 is 0. The van der Waals surface area contributed by atoms with Crippen LogP contribution in [0.15, 0.2) is 54.2 Å². The van der Waals surface area contributed by atoms with Gasteiger partial charge in [0.15, 0.2) is 0 Å². The van der Waals surface area contributed by atoms with Crippen molar-refractivity contribution in [3.05, 3.63) is 65.4 Å². The molecule has 0 spiro atoms. The minimum absolute atomic E-state index is 0.0176. The lowest BCUT2D eigenvalue weighted by atomic mass is 10.1. The van der Waals surface area contributed by atoms with Gasteiger partial charge >= 0.3 is 0 Å². The van der Waals surface area contributed by atoms with E-state index in [-0.39, 0.29) is 11.6 Å². The maximum absolute atomic E-state index is 12.6. The minimum Gasteiger partial charge on any atom is -0.372 e. The van der Waals surface area contributed by atoms with E-state index < -0.39 is 11.8 Å². The van der Waals surface area contributed by atoms with Crippen molar-refractivity contribution in [2.24, 2.45) is 5.84 Å². The molecule has 0 heterocycles. The fourth-order valence-corrected chi connectivity index (χ4v) is 2.88. The molecular weight excluding hydrogens is 382 g/mol. The van der Waals surface area contributed by atoms with E-state index in [1.165, 1.54) is 6.92 Å². The van der Waals surface area contributed by atoms with Crippen molar-refractivity contribution in [3.8, 4) is 0 Å². The van der Waals surface area contributed by atoms with Gasteiger partial charge in [-0.05, 0) is 61.9 Å². The van der Waals surface area contributed by atoms with E-state index >= 15 is 0 Å². The number of hydrogen-bond donors (Lipinski definition) is 4. The van der Waals surface area contributed by atoms with Crippen LogP contribution in [0, 0.1) is 0 Å². The second kappa shape index (κ2) is 10.8. The predicted molar refractivity (Wildman–Crippen MR) is 119 cm³/mol. The number of carbonyl (C=O) groups excluding carboxylic acids is 3. The molecule has 8 heteroatoms. The molecule has 0 aromatic heterocycles. The number of nitrogens with zero attached hydrogens (tertiary/aromatic N) is 1. The van der Waals surface area contributed by atoms with Crippen molar-refractivity contribution in [2.45, 2.75) is 20.8 Å². The highest BCUT2D eigenvalue weighted by Crippen LogP contribution is 2.17. The van der Waals surface area contributed by atoms with Crippen LogP contribution in [-0.4, -0.2) is 30.8 Å². The van der Waals surface area contributed by atoms with Crippen LogP contribution in [-0.2, 0) is 9.59 Å². The van der Waals surface area contributed by atoms with Gasteiger partial charge in [-0.25, -0.2) is 5.84 Å². The van der Waals surface area contributed by atoms with E-state index in [9.17, 15) is 14.4 Å². The third-order valence-electron chi connectivity index (χ3n) is 4.42. The summed E-state index contributed by atoms with van der Waals surface area (Å²) in [5, 5.41) is 5.21. The molecule has 30 heavy (non-hydrogen) atoms. The zero-order valence-electron chi connectivity index (χ0n) is 17.4. The van der Waals surface area contributed by atoms with Crippen molar-refractivity contribution in [3.63, 3.8) is 0 Å². The van der Waals surface area contributed by atoms with E-state index in [1.54, 1.807) is 30.3 Å². The van der Waals surface area contributed by atoms with Crippen LogP contribution >= 0.6 is 0 Å². The average Bonchev–Trinajstić information content (AvgIpc) is 2.74. The molecule has 0 fully saturated rings. The van der Waals surface area contributed by atoms with E-state index in [1.807, 2.05) is 29.7 Å². The Labute approximate surface area is 176 Å². The number of hydrazine groups is 1. The number of amides is 3. The van der Waals surface area contributed by atoms with Crippen molar-refractivity contribution < 1.29 is 14.4 Å². The van der Waals surface area contributed by atoms with Crippen molar-refractivity contribution in [1.29, 1.82) is 0 Å². The molecule has 5 N–H and O–H groups in total. The highest BCUT2D eigenvalue weighted by Gasteiger charge is 2.14. The number of anilines is 2. The molecule has 0 saturated carbocycles. The van der Waals surface area contributed by atoms with E-state index in [4.69, 9.17) is 5.84 Å². The number of nitrogens with two attached hydrogens (primary N) is 1. The van der Waals surface area contributed by atoms with Gasteiger partial charge in [-0.2, -0.15) is 0 Å². The first-order chi connectivity index (χ1) is 14.4. The number of hydrogen-bond acceptors (Lipinski definition) is 5. The fraction of sp³-hybridized carbons (Fsp3) is 0.227. The SMILES string of the molecule is CCN(CC)c1ccc(C=C(NC(=O)c2ccc(NC(C)=O)cc2)C(=O)NN)cc1. The zero-order valence-corrected chi connectivity index (χ0v) is 17.4. The molecule has 0 atom stereocenters. The van der Waals surface area contributed by atoms with Crippen LogP contribution in [0.4, 0.5) is 11.4 Å². The van der Waals surface area contributed by atoms with Crippen LogP contribution in [0.2, 0.25) is 0 Å². The molecule has 0 aliphatic carbocycles. The lowest BCUT2D eigenvalue weighted by Gasteiger charge is -2.21. The van der Waals surface area contributed by atoms with Gasteiger partial charge in [0.25, 0.3) is 11.8 Å². The van der Waals surface area contributed by atoms with Crippen LogP contribution in [0.25, 0.3) is 6.08 Å². The molecule has 8 nitrogen and oxygen atoms in total. The number of benzene rings is 2. The van der Waals surface area contributed by atoms with Crippen molar-refractivity contribution in [1.82, 2.24) is 10.7 Å². The average molecular weight is 409 g/mol. The molecule has 0 aliphatic heterocycles. The molecule has 0 bridgehead atoms. The summed E-state index contributed by atoms with van der Waals surface area (Å²) in [5.74, 6) is 3.97. The Morgan fingerprint density at radius 3 is 2.07 bits per heavy atom. The van der Waals surface area contributed by atoms with Gasteiger partial charge in [0.2, 0.25) is 5.91 Å². The molecular formula is C22H27N5O3. The van der Waals surface area contributed by atoms with Gasteiger partial charge < -0.3 is 15.5 Å². The molecule has 3 amide bonds. The molecule has 0 saturated heterocycles. The Balaban J connectivity index is 2.20. The lowest BCUT2D eigenvalue weighted by molar-refractivity contribution is -0.117. The first-order valence-electron chi connectivity index (χ1n) is 9.64. The Kier molecular flexibility index (Phi) is 8.13. The minimum atomic E-state index is -0.619. The van der Waals surface area contributed by atoms with Crippen LogP contribution in [0.3, 0.4) is 0 Å². The fourth-order valence-electron chi connectivity index (χ4n) is 2.88. The van der Waals surface area contributed by atoms with Gasteiger partial charge in [-0.1, -0.05) is 12.1 Å². The number of rotatable bonds is 8. The van der Waals surface area contributed by atoms with E-state index in [0.717, 1.165) is 24.3 Å². The number of carbonyl (C=O) groups is 3. The molecule has 0 aliphatic rings. The summed E-state index contributed by atoms with van der Waals surface area (Å²) in [7, 11) is 0. The lowest BCUT2D eigenvalue weighted by Crippen LogP contribution is -2.38. The van der Waals surface area contributed by atoms with E-state index in [2.05, 4.69) is 29.4 Å². The second-order valence-corrected chi connectivity index (χ2v) is 6.51. The van der Waals surface area contributed by atoms with Crippen LogP contribution < -0.4 is 26.8 Å². The monoisotopic (exact) mass is 409 g/mol. The highest BCUT2D eigenvalue weighted by atomic mass is 16.2. The summed E-state index contributed by atoms with van der Waals surface area (Å²) >= 11 is 0. The van der Waals surface area contributed by atoms with Gasteiger partial charge in [0.05, 0.1) is 0 Å². The molecule has 2 rings (SSSR count). The first kappa shape index (κ1) is 22.6. The second-order valence-electron chi connectivity index (χ2n) is 6.51. The van der Waals surface area contributed by atoms with E-state index in [0.29, 0.717) is 11.3 Å². The maximum Gasteiger partial charge on any atom is 0.281 e. The smallest absolute Gasteiger partial charge is 0.281 e. The quantitative estimate of drug-likeness (QED) is 0.231. The Morgan fingerprint density at radius 2 is 1.57 bits per heavy atom. The summed E-state index contributed by atoms with van der Waals surface area (Å²) in [6.07, 6.45) is 1.55. The zero-order chi connectivity index (χ0) is 22.1. The normalized spacial score (nSPS) is 10.9.